The maximum atomic E-state index is 3.17. The topological polar surface area (TPSA) is 0 Å². The minimum Gasteiger partial charge on any atom is -0.111 e. The van der Waals surface area contributed by atoms with Gasteiger partial charge in [-0.2, -0.15) is 0 Å². The lowest BCUT2D eigenvalue weighted by atomic mass is 10.1. The van der Waals surface area contributed by atoms with Crippen molar-refractivity contribution in [2.24, 2.45) is 0 Å². The van der Waals surface area contributed by atoms with Crippen LogP contribution in [0.4, 0.5) is 0 Å². The fourth-order valence-electron chi connectivity index (χ4n) is 1.19. The Balaban J connectivity index is 2.50. The van der Waals surface area contributed by atoms with Crippen LogP contribution in [0.1, 0.15) is 5.56 Å². The molecule has 1 aromatic rings. The quantitative estimate of drug-likeness (QED) is 0.429. The highest BCUT2D eigenvalue weighted by molar-refractivity contribution is 5.75. The van der Waals surface area contributed by atoms with Crippen LogP contribution in [0.25, 0.3) is 5.57 Å². The third-order valence-electron chi connectivity index (χ3n) is 1.79. The zero-order chi connectivity index (χ0) is 8.23. The number of allylic oxidation sites excluding steroid dienone is 3. The Morgan fingerprint density at radius 2 is 2.17 bits per heavy atom. The first-order valence-electron chi connectivity index (χ1n) is 3.99. The minimum absolute atomic E-state index is 1.16. The van der Waals surface area contributed by atoms with Gasteiger partial charge >= 0.3 is 0 Å². The molecule has 0 nitrogen and oxygen atoms in total. The van der Waals surface area contributed by atoms with Crippen molar-refractivity contribution in [2.45, 2.75) is 0 Å². The summed E-state index contributed by atoms with van der Waals surface area (Å²) in [6.07, 6.45) is 6.00. The summed E-state index contributed by atoms with van der Waals surface area (Å²) in [4.78, 5) is 0. The van der Waals surface area contributed by atoms with Gasteiger partial charge < -0.3 is 0 Å². The Kier molecular flexibility index (Phi) is 1.85. The zero-order valence-corrected chi connectivity index (χ0v) is 6.70. The minimum atomic E-state index is 1.16. The summed E-state index contributed by atoms with van der Waals surface area (Å²) in [5.74, 6) is 0. The molecular weight excluding hydrogens is 144 g/mol. The van der Waals surface area contributed by atoms with E-state index in [2.05, 4.69) is 23.9 Å². The Bertz CT molecular complexity index is 364. The van der Waals surface area contributed by atoms with Gasteiger partial charge in [-0.05, 0) is 12.2 Å². The molecule has 0 fully saturated rings. The van der Waals surface area contributed by atoms with Gasteiger partial charge in [0, 0.05) is 42.0 Å². The van der Waals surface area contributed by atoms with Gasteiger partial charge in [0.2, 0.25) is 0 Å². The van der Waals surface area contributed by atoms with Gasteiger partial charge in [-0.3, -0.25) is 0 Å². The van der Waals surface area contributed by atoms with Crippen molar-refractivity contribution >= 4 is 5.57 Å². The Labute approximate surface area is 72.2 Å². The van der Waals surface area contributed by atoms with Gasteiger partial charge in [-0.25, -0.2) is 0 Å². The largest absolute Gasteiger partial charge is 0.111 e. The van der Waals surface area contributed by atoms with Gasteiger partial charge in [-0.15, -0.1) is 5.73 Å². The van der Waals surface area contributed by atoms with Crippen molar-refractivity contribution in [3.05, 3.63) is 65.9 Å². The maximum absolute atomic E-state index is 3.17. The molecule has 0 atom stereocenters. The molecule has 0 aliphatic heterocycles. The van der Waals surface area contributed by atoms with E-state index in [1.54, 1.807) is 0 Å². The van der Waals surface area contributed by atoms with Crippen LogP contribution in [0, 0.1) is 0 Å². The first-order chi connectivity index (χ1) is 5.97. The van der Waals surface area contributed by atoms with Crippen LogP contribution in [0.2, 0.25) is 0 Å². The van der Waals surface area contributed by atoms with E-state index in [4.69, 9.17) is 0 Å². The van der Waals surface area contributed by atoms with E-state index in [1.807, 2.05) is 36.4 Å². The van der Waals surface area contributed by atoms with Crippen molar-refractivity contribution in [1.29, 1.82) is 0 Å². The Morgan fingerprint density at radius 1 is 1.17 bits per heavy atom. The fraction of sp³-hybridized carbons (Fsp3) is 0. The predicted molar refractivity (Wildman–Crippen MR) is 51.5 cm³/mol. The number of rotatable bonds is 1. The summed E-state index contributed by atoms with van der Waals surface area (Å²) >= 11 is 0. The molecule has 0 saturated carbocycles. The Morgan fingerprint density at radius 3 is 3.00 bits per heavy atom. The van der Waals surface area contributed by atoms with Crippen LogP contribution in [0.3, 0.4) is 0 Å². The van der Waals surface area contributed by atoms with Gasteiger partial charge in [-0.1, -0.05) is 6.08 Å². The molecule has 0 bridgehead atoms. The average molecular weight is 153 g/mol. The fourth-order valence-corrected chi connectivity index (χ4v) is 1.19. The molecule has 0 heteroatoms. The average Bonchev–Trinajstić information content (AvgIpc) is 2.48. The van der Waals surface area contributed by atoms with Gasteiger partial charge in [0.25, 0.3) is 0 Å². The number of hydrogen-bond acceptors (Lipinski definition) is 0. The molecule has 0 heterocycles. The molecule has 0 amide bonds. The normalized spacial score (nSPS) is 13.2. The third-order valence-corrected chi connectivity index (χ3v) is 1.79. The molecule has 0 aromatic heterocycles. The summed E-state index contributed by atoms with van der Waals surface area (Å²) in [7, 11) is 0. The highest BCUT2D eigenvalue weighted by atomic mass is 14.0. The maximum Gasteiger partial charge on any atom is 0.0576 e. The third kappa shape index (κ3) is 1.34. The molecular formula is C12H9+. The van der Waals surface area contributed by atoms with Crippen molar-refractivity contribution in [3.63, 3.8) is 0 Å². The van der Waals surface area contributed by atoms with Crippen molar-refractivity contribution < 1.29 is 0 Å². The second-order valence-corrected chi connectivity index (χ2v) is 2.64. The highest BCUT2D eigenvalue weighted by Crippen LogP contribution is 2.15. The van der Waals surface area contributed by atoms with E-state index in [0.29, 0.717) is 0 Å². The van der Waals surface area contributed by atoms with Crippen LogP contribution >= 0.6 is 0 Å². The molecule has 0 N–H and O–H groups in total. The van der Waals surface area contributed by atoms with Crippen molar-refractivity contribution in [1.82, 2.24) is 0 Å². The molecule has 12 heavy (non-hydrogen) atoms. The van der Waals surface area contributed by atoms with Gasteiger partial charge in [0.05, 0.1) is 5.56 Å². The van der Waals surface area contributed by atoms with E-state index in [-0.39, 0.29) is 0 Å². The first-order valence-corrected chi connectivity index (χ1v) is 3.99. The molecule has 1 aliphatic rings. The summed E-state index contributed by atoms with van der Waals surface area (Å²) in [5, 5.41) is 0. The standard InChI is InChI=1S/C12H9/c1-2-4-8-11(7-3-1)12-9-5-6-10-12/h1-9H/q+1. The molecule has 0 radical (unpaired) electrons. The van der Waals surface area contributed by atoms with E-state index < -0.39 is 0 Å². The second kappa shape index (κ2) is 3.17. The smallest absolute Gasteiger partial charge is 0.0576 e. The molecule has 0 unspecified atom stereocenters. The first kappa shape index (κ1) is 7.02. The summed E-state index contributed by atoms with van der Waals surface area (Å²) in [5.41, 5.74) is 5.54. The van der Waals surface area contributed by atoms with E-state index in [1.165, 1.54) is 5.56 Å². The van der Waals surface area contributed by atoms with Crippen molar-refractivity contribution in [3.8, 4) is 0 Å². The second-order valence-electron chi connectivity index (χ2n) is 2.64. The number of hydrogen-bond donors (Lipinski definition) is 0. The highest BCUT2D eigenvalue weighted by Gasteiger charge is 1.99. The van der Waals surface area contributed by atoms with Crippen LogP contribution in [-0.4, -0.2) is 0 Å². The van der Waals surface area contributed by atoms with Gasteiger partial charge in [0.15, 0.2) is 0 Å². The van der Waals surface area contributed by atoms with Crippen LogP contribution < -0.4 is 0 Å². The summed E-state index contributed by atoms with van der Waals surface area (Å²) in [6, 6.07) is 12.3. The van der Waals surface area contributed by atoms with Crippen LogP contribution in [-0.2, 0) is 0 Å². The summed E-state index contributed by atoms with van der Waals surface area (Å²) < 4.78 is 0. The van der Waals surface area contributed by atoms with Crippen LogP contribution in [0.15, 0.2) is 60.4 Å². The molecule has 56 valence electrons. The monoisotopic (exact) mass is 153 g/mol. The zero-order valence-electron chi connectivity index (χ0n) is 6.70. The lowest BCUT2D eigenvalue weighted by molar-refractivity contribution is 1.72. The van der Waals surface area contributed by atoms with E-state index in [0.717, 1.165) is 5.57 Å². The lowest BCUT2D eigenvalue weighted by Gasteiger charge is -1.87. The van der Waals surface area contributed by atoms with Crippen molar-refractivity contribution in [2.75, 3.05) is 0 Å². The van der Waals surface area contributed by atoms with E-state index in [9.17, 15) is 0 Å². The summed E-state index contributed by atoms with van der Waals surface area (Å²) in [6.45, 7) is 0. The molecule has 0 spiro atoms. The molecule has 1 aliphatic carbocycles. The van der Waals surface area contributed by atoms with Crippen LogP contribution in [0.5, 0.6) is 0 Å². The SMILES string of the molecule is C1=CC=CC=1c1ccc[cH+]cc1. The molecule has 2 rings (SSSR count). The molecule has 0 saturated heterocycles. The molecule has 1 aromatic carbocycles. The van der Waals surface area contributed by atoms with E-state index >= 15 is 0 Å². The lowest BCUT2D eigenvalue weighted by Crippen LogP contribution is -1.71. The Hall–Kier alpha value is -1.65. The van der Waals surface area contributed by atoms with Gasteiger partial charge in [0.1, 0.15) is 0 Å². The predicted octanol–water partition coefficient (Wildman–Crippen LogP) is 3.08.